The third kappa shape index (κ3) is 5.65. The zero-order chi connectivity index (χ0) is 15.8. The Morgan fingerprint density at radius 1 is 1.38 bits per heavy atom. The van der Waals surface area contributed by atoms with E-state index in [0.29, 0.717) is 18.4 Å². The molecule has 112 valence electrons. The Morgan fingerprint density at radius 3 is 2.67 bits per heavy atom. The van der Waals surface area contributed by atoms with Gasteiger partial charge in [-0.05, 0) is 23.6 Å². The highest BCUT2D eigenvalue weighted by molar-refractivity contribution is 5.84. The lowest BCUT2D eigenvalue weighted by Gasteiger charge is -2.17. The summed E-state index contributed by atoms with van der Waals surface area (Å²) >= 11 is 0. The Morgan fingerprint density at radius 2 is 2.10 bits per heavy atom. The van der Waals surface area contributed by atoms with Crippen LogP contribution in [0.15, 0.2) is 24.3 Å². The molecule has 1 N–H and O–H groups in total. The van der Waals surface area contributed by atoms with Crippen LogP contribution in [0, 0.1) is 17.2 Å². The lowest BCUT2D eigenvalue weighted by atomic mass is 10.0. The molecular weight excluding hydrogens is 268 g/mol. The van der Waals surface area contributed by atoms with Crippen molar-refractivity contribution in [1.29, 1.82) is 5.26 Å². The summed E-state index contributed by atoms with van der Waals surface area (Å²) in [6, 6.07) is 8.25. The molecule has 0 unspecified atom stereocenters. The molecule has 1 aromatic rings. The Hall–Kier alpha value is -2.35. The SMILES string of the molecule is COC(=O)[C@@H](Cc1cccc(C#N)c1)NC(=O)CC(C)C. The van der Waals surface area contributed by atoms with E-state index in [9.17, 15) is 9.59 Å². The standard InChI is InChI=1S/C16H20N2O3/c1-11(2)7-15(19)18-14(16(20)21-3)9-12-5-4-6-13(8-12)10-17/h4-6,8,11,14H,7,9H2,1-3H3,(H,18,19)/t14-/m1/s1. The number of nitrogens with zero attached hydrogens (tertiary/aromatic N) is 1. The summed E-state index contributed by atoms with van der Waals surface area (Å²) in [7, 11) is 1.29. The maximum Gasteiger partial charge on any atom is 0.328 e. The van der Waals surface area contributed by atoms with E-state index in [1.165, 1.54) is 7.11 Å². The first kappa shape index (κ1) is 16.7. The van der Waals surface area contributed by atoms with Gasteiger partial charge in [-0.3, -0.25) is 4.79 Å². The van der Waals surface area contributed by atoms with Crippen LogP contribution in [0.4, 0.5) is 0 Å². The summed E-state index contributed by atoms with van der Waals surface area (Å²) in [4.78, 5) is 23.6. The Kier molecular flexibility index (Phi) is 6.41. The second-order valence-corrected chi connectivity index (χ2v) is 5.26. The van der Waals surface area contributed by atoms with E-state index in [1.54, 1.807) is 18.2 Å². The van der Waals surface area contributed by atoms with Crippen molar-refractivity contribution in [1.82, 2.24) is 5.32 Å². The maximum atomic E-state index is 11.8. The largest absolute Gasteiger partial charge is 0.467 e. The fourth-order valence-electron chi connectivity index (χ4n) is 1.96. The molecule has 5 nitrogen and oxygen atoms in total. The average molecular weight is 288 g/mol. The number of amides is 1. The Labute approximate surface area is 124 Å². The first-order chi connectivity index (χ1) is 9.96. The van der Waals surface area contributed by atoms with Gasteiger partial charge in [-0.1, -0.05) is 26.0 Å². The lowest BCUT2D eigenvalue weighted by Crippen LogP contribution is -2.43. The van der Waals surface area contributed by atoms with E-state index in [1.807, 2.05) is 26.0 Å². The van der Waals surface area contributed by atoms with Gasteiger partial charge in [-0.25, -0.2) is 4.79 Å². The minimum absolute atomic E-state index is 0.183. The maximum absolute atomic E-state index is 11.8. The number of carbonyl (C=O) groups excluding carboxylic acids is 2. The number of nitriles is 1. The van der Waals surface area contributed by atoms with Crippen LogP contribution in [0.5, 0.6) is 0 Å². The van der Waals surface area contributed by atoms with Gasteiger partial charge >= 0.3 is 5.97 Å². The predicted molar refractivity (Wildman–Crippen MR) is 78.3 cm³/mol. The summed E-state index contributed by atoms with van der Waals surface area (Å²) in [6.07, 6.45) is 0.651. The number of hydrogen-bond acceptors (Lipinski definition) is 4. The van der Waals surface area contributed by atoms with Gasteiger partial charge < -0.3 is 10.1 Å². The fourth-order valence-corrected chi connectivity index (χ4v) is 1.96. The van der Waals surface area contributed by atoms with Crippen LogP contribution in [0.2, 0.25) is 0 Å². The van der Waals surface area contributed by atoms with E-state index >= 15 is 0 Å². The van der Waals surface area contributed by atoms with Crippen molar-refractivity contribution in [2.75, 3.05) is 7.11 Å². The van der Waals surface area contributed by atoms with Crippen LogP contribution in [0.3, 0.4) is 0 Å². The number of hydrogen-bond donors (Lipinski definition) is 1. The molecule has 1 atom stereocenters. The molecule has 0 spiro atoms. The monoisotopic (exact) mass is 288 g/mol. The Balaban J connectivity index is 2.81. The molecule has 1 aromatic carbocycles. The van der Waals surface area contributed by atoms with Gasteiger partial charge in [0.15, 0.2) is 0 Å². The minimum Gasteiger partial charge on any atom is -0.467 e. The number of benzene rings is 1. The fraction of sp³-hybridized carbons (Fsp3) is 0.438. The third-order valence-electron chi connectivity index (χ3n) is 2.91. The quantitative estimate of drug-likeness (QED) is 0.810. The summed E-state index contributed by atoms with van der Waals surface area (Å²) in [5.74, 6) is -0.462. The first-order valence-corrected chi connectivity index (χ1v) is 6.82. The molecule has 0 bridgehead atoms. The van der Waals surface area contributed by atoms with Gasteiger partial charge in [-0.15, -0.1) is 0 Å². The van der Waals surface area contributed by atoms with Gasteiger partial charge in [0, 0.05) is 12.8 Å². The van der Waals surface area contributed by atoms with Gasteiger partial charge in [0.25, 0.3) is 0 Å². The summed E-state index contributed by atoms with van der Waals surface area (Å²) in [5.41, 5.74) is 1.32. The highest BCUT2D eigenvalue weighted by atomic mass is 16.5. The summed E-state index contributed by atoms with van der Waals surface area (Å²) in [6.45, 7) is 3.87. The van der Waals surface area contributed by atoms with Crippen LogP contribution in [-0.4, -0.2) is 25.0 Å². The molecule has 1 amide bonds. The normalized spacial score (nSPS) is 11.6. The average Bonchev–Trinajstić information content (AvgIpc) is 2.45. The smallest absolute Gasteiger partial charge is 0.328 e. The van der Waals surface area contributed by atoms with Crippen molar-refractivity contribution in [3.05, 3.63) is 35.4 Å². The minimum atomic E-state index is -0.741. The van der Waals surface area contributed by atoms with Gasteiger partial charge in [0.1, 0.15) is 6.04 Å². The second-order valence-electron chi connectivity index (χ2n) is 5.26. The molecule has 0 aromatic heterocycles. The van der Waals surface area contributed by atoms with Crippen LogP contribution < -0.4 is 5.32 Å². The molecule has 21 heavy (non-hydrogen) atoms. The first-order valence-electron chi connectivity index (χ1n) is 6.82. The molecule has 0 saturated heterocycles. The van der Waals surface area contributed by atoms with Gasteiger partial charge in [-0.2, -0.15) is 5.26 Å². The number of rotatable bonds is 6. The topological polar surface area (TPSA) is 79.2 Å². The zero-order valence-corrected chi connectivity index (χ0v) is 12.6. The second kappa shape index (κ2) is 8.05. The Bertz CT molecular complexity index is 547. The van der Waals surface area contributed by atoms with E-state index < -0.39 is 12.0 Å². The lowest BCUT2D eigenvalue weighted by molar-refractivity contribution is -0.145. The van der Waals surface area contributed by atoms with Crippen molar-refractivity contribution in [2.24, 2.45) is 5.92 Å². The number of methoxy groups -OCH3 is 1. The molecule has 0 saturated carbocycles. The summed E-state index contributed by atoms with van der Waals surface area (Å²) in [5, 5.41) is 11.6. The van der Waals surface area contributed by atoms with Gasteiger partial charge in [0.2, 0.25) is 5.91 Å². The number of ether oxygens (including phenoxy) is 1. The molecule has 0 aliphatic rings. The van der Waals surface area contributed by atoms with Crippen LogP contribution in [0.1, 0.15) is 31.4 Å². The van der Waals surface area contributed by atoms with Crippen LogP contribution >= 0.6 is 0 Å². The molecule has 0 radical (unpaired) electrons. The van der Waals surface area contributed by atoms with E-state index in [0.717, 1.165) is 5.56 Å². The third-order valence-corrected chi connectivity index (χ3v) is 2.91. The number of esters is 1. The highest BCUT2D eigenvalue weighted by Crippen LogP contribution is 2.09. The number of nitrogens with one attached hydrogen (secondary N) is 1. The van der Waals surface area contributed by atoms with E-state index in [-0.39, 0.29) is 11.8 Å². The van der Waals surface area contributed by atoms with Gasteiger partial charge in [0.05, 0.1) is 18.7 Å². The molecule has 0 heterocycles. The molecule has 5 heteroatoms. The van der Waals surface area contributed by atoms with Crippen molar-refractivity contribution in [2.45, 2.75) is 32.7 Å². The highest BCUT2D eigenvalue weighted by Gasteiger charge is 2.22. The summed E-state index contributed by atoms with van der Waals surface area (Å²) < 4.78 is 4.73. The number of carbonyl (C=O) groups is 2. The van der Waals surface area contributed by atoms with E-state index in [4.69, 9.17) is 10.00 Å². The molecule has 0 aliphatic carbocycles. The molecular formula is C16H20N2O3. The van der Waals surface area contributed by atoms with E-state index in [2.05, 4.69) is 5.32 Å². The molecule has 0 aliphatic heterocycles. The molecule has 0 fully saturated rings. The zero-order valence-electron chi connectivity index (χ0n) is 12.6. The predicted octanol–water partition coefficient (Wildman–Crippen LogP) is 1.80. The van der Waals surface area contributed by atoms with Crippen molar-refractivity contribution in [3.8, 4) is 6.07 Å². The van der Waals surface area contributed by atoms with Crippen molar-refractivity contribution < 1.29 is 14.3 Å². The van der Waals surface area contributed by atoms with Crippen molar-refractivity contribution in [3.63, 3.8) is 0 Å². The van der Waals surface area contributed by atoms with Crippen LogP contribution in [-0.2, 0) is 20.7 Å². The van der Waals surface area contributed by atoms with Crippen LogP contribution in [0.25, 0.3) is 0 Å². The molecule has 1 rings (SSSR count). The van der Waals surface area contributed by atoms with Crippen molar-refractivity contribution >= 4 is 11.9 Å².